The van der Waals surface area contributed by atoms with Gasteiger partial charge in [0.05, 0.1) is 17.4 Å². The number of nitrogens with zero attached hydrogens (tertiary/aromatic N) is 3. The number of pyridine rings is 1. The van der Waals surface area contributed by atoms with Crippen LogP contribution in [0, 0.1) is 0 Å². The average molecular weight is 400 g/mol. The van der Waals surface area contributed by atoms with E-state index in [1.807, 2.05) is 6.07 Å². The zero-order chi connectivity index (χ0) is 20.4. The number of halogens is 3. The lowest BCUT2D eigenvalue weighted by Crippen LogP contribution is -2.14. The first-order valence-corrected chi connectivity index (χ1v) is 8.21. The molecule has 0 radical (unpaired) electrons. The largest absolute Gasteiger partial charge is 0.464 e. The van der Waals surface area contributed by atoms with Crippen molar-refractivity contribution < 1.29 is 26.8 Å². The Morgan fingerprint density at radius 2 is 1.83 bits per heavy atom. The zero-order valence-corrected chi connectivity index (χ0v) is 14.5. The summed E-state index contributed by atoms with van der Waals surface area (Å²) in [7, 11) is 0. The number of alkyl halides is 3. The van der Waals surface area contributed by atoms with Gasteiger partial charge >= 0.3 is 12.2 Å². The summed E-state index contributed by atoms with van der Waals surface area (Å²) < 4.78 is 49.0. The quantitative estimate of drug-likeness (QED) is 0.535. The Hall–Kier alpha value is -3.95. The maximum atomic E-state index is 12.8. The van der Waals surface area contributed by atoms with Crippen LogP contribution >= 0.6 is 0 Å². The molecule has 1 N–H and O–H groups in total. The Balaban J connectivity index is 1.53. The summed E-state index contributed by atoms with van der Waals surface area (Å²) in [6, 6.07) is 11.1. The van der Waals surface area contributed by atoms with Crippen molar-refractivity contribution in [3.63, 3.8) is 0 Å². The van der Waals surface area contributed by atoms with E-state index < -0.39 is 17.6 Å². The highest BCUT2D eigenvalue weighted by atomic mass is 19.4. The molecule has 1 aromatic carbocycles. The summed E-state index contributed by atoms with van der Waals surface area (Å²) in [6.45, 7) is 0. The summed E-state index contributed by atoms with van der Waals surface area (Å²) in [5, 5.41) is 9.83. The standard InChI is InChI=1S/C19H11F3N4O3/c20-19(21,22)14-8-13(9-23-10-14)16(27)24-18-26-25-17(29-18)12-4-1-3-11(7-12)15-5-2-6-28-15/h1-10H,(H,24,26,27). The minimum atomic E-state index is -4.61. The number of hydrogen-bond donors (Lipinski definition) is 1. The van der Waals surface area contributed by atoms with Crippen molar-refractivity contribution in [2.75, 3.05) is 5.32 Å². The van der Waals surface area contributed by atoms with Gasteiger partial charge in [-0.15, -0.1) is 5.10 Å². The van der Waals surface area contributed by atoms with Gasteiger partial charge < -0.3 is 8.83 Å². The number of rotatable bonds is 4. The van der Waals surface area contributed by atoms with Gasteiger partial charge in [-0.3, -0.25) is 15.1 Å². The lowest BCUT2D eigenvalue weighted by atomic mass is 10.1. The van der Waals surface area contributed by atoms with Crippen LogP contribution in [-0.2, 0) is 6.18 Å². The Morgan fingerprint density at radius 3 is 2.59 bits per heavy atom. The van der Waals surface area contributed by atoms with Crippen LogP contribution in [0.2, 0.25) is 0 Å². The second kappa shape index (κ2) is 7.23. The van der Waals surface area contributed by atoms with Crippen molar-refractivity contribution in [2.45, 2.75) is 6.18 Å². The fraction of sp³-hybridized carbons (Fsp3) is 0.0526. The normalized spacial score (nSPS) is 11.4. The molecule has 10 heteroatoms. The number of aromatic nitrogens is 3. The molecule has 146 valence electrons. The molecule has 29 heavy (non-hydrogen) atoms. The van der Waals surface area contributed by atoms with Crippen LogP contribution in [0.15, 0.2) is 70.0 Å². The third-order valence-electron chi connectivity index (χ3n) is 3.89. The van der Waals surface area contributed by atoms with E-state index in [1.165, 1.54) is 0 Å². The molecule has 0 aliphatic heterocycles. The van der Waals surface area contributed by atoms with Crippen molar-refractivity contribution in [1.29, 1.82) is 0 Å². The number of carbonyl (C=O) groups is 1. The van der Waals surface area contributed by atoms with E-state index in [-0.39, 0.29) is 17.5 Å². The van der Waals surface area contributed by atoms with Crippen LogP contribution in [0.25, 0.3) is 22.8 Å². The van der Waals surface area contributed by atoms with Crippen LogP contribution in [0.4, 0.5) is 19.2 Å². The fourth-order valence-corrected chi connectivity index (χ4v) is 2.53. The summed E-state index contributed by atoms with van der Waals surface area (Å²) in [6.07, 6.45) is -1.42. The molecular weight excluding hydrogens is 389 g/mol. The molecule has 0 atom stereocenters. The van der Waals surface area contributed by atoms with Gasteiger partial charge in [-0.05, 0) is 30.3 Å². The SMILES string of the molecule is O=C(Nc1nnc(-c2cccc(-c3ccco3)c2)o1)c1cncc(C(F)(F)F)c1. The molecular formula is C19H11F3N4O3. The highest BCUT2D eigenvalue weighted by Crippen LogP contribution is 2.29. The number of nitrogens with one attached hydrogen (secondary N) is 1. The highest BCUT2D eigenvalue weighted by Gasteiger charge is 2.31. The molecule has 3 aromatic heterocycles. The Kier molecular flexibility index (Phi) is 4.59. The Bertz CT molecular complexity index is 1150. The number of amides is 1. The van der Waals surface area contributed by atoms with Crippen molar-refractivity contribution in [3.8, 4) is 22.8 Å². The van der Waals surface area contributed by atoms with Gasteiger partial charge in [0.2, 0.25) is 5.89 Å². The zero-order valence-electron chi connectivity index (χ0n) is 14.5. The predicted octanol–water partition coefficient (Wildman–Crippen LogP) is 4.66. The van der Waals surface area contributed by atoms with Crippen LogP contribution in [0.3, 0.4) is 0 Å². The minimum Gasteiger partial charge on any atom is -0.464 e. The highest BCUT2D eigenvalue weighted by molar-refractivity contribution is 6.03. The van der Waals surface area contributed by atoms with E-state index in [9.17, 15) is 18.0 Å². The van der Waals surface area contributed by atoms with Crippen LogP contribution in [0.1, 0.15) is 15.9 Å². The van der Waals surface area contributed by atoms with Gasteiger partial charge in [-0.25, -0.2) is 0 Å². The Labute approximate surface area is 161 Å². The molecule has 7 nitrogen and oxygen atoms in total. The average Bonchev–Trinajstić information content (AvgIpc) is 3.40. The molecule has 3 heterocycles. The number of anilines is 1. The monoisotopic (exact) mass is 400 g/mol. The van der Waals surface area contributed by atoms with E-state index in [0.29, 0.717) is 23.6 Å². The van der Waals surface area contributed by atoms with Crippen LogP contribution in [0.5, 0.6) is 0 Å². The molecule has 0 unspecified atom stereocenters. The van der Waals surface area contributed by atoms with Gasteiger partial charge in [0.15, 0.2) is 0 Å². The first kappa shape index (κ1) is 18.4. The topological polar surface area (TPSA) is 94.1 Å². The number of benzene rings is 1. The third-order valence-corrected chi connectivity index (χ3v) is 3.89. The van der Waals surface area contributed by atoms with Gasteiger partial charge in [0.25, 0.3) is 5.91 Å². The smallest absolute Gasteiger partial charge is 0.417 e. The van der Waals surface area contributed by atoms with Crippen molar-refractivity contribution in [2.24, 2.45) is 0 Å². The third kappa shape index (κ3) is 4.00. The van der Waals surface area contributed by atoms with Gasteiger partial charge in [0, 0.05) is 23.5 Å². The van der Waals surface area contributed by atoms with Crippen LogP contribution < -0.4 is 5.32 Å². The fourth-order valence-electron chi connectivity index (χ4n) is 2.53. The lowest BCUT2D eigenvalue weighted by Gasteiger charge is -2.07. The summed E-state index contributed by atoms with van der Waals surface area (Å²) >= 11 is 0. The van der Waals surface area contributed by atoms with E-state index in [0.717, 1.165) is 11.8 Å². The molecule has 0 bridgehead atoms. The molecule has 4 rings (SSSR count). The van der Waals surface area contributed by atoms with Crippen molar-refractivity contribution >= 4 is 11.9 Å². The molecule has 4 aromatic rings. The van der Waals surface area contributed by atoms with E-state index in [4.69, 9.17) is 8.83 Å². The Morgan fingerprint density at radius 1 is 1.00 bits per heavy atom. The molecule has 0 saturated carbocycles. The summed E-state index contributed by atoms with van der Waals surface area (Å²) in [4.78, 5) is 15.6. The first-order valence-electron chi connectivity index (χ1n) is 8.21. The van der Waals surface area contributed by atoms with E-state index in [2.05, 4.69) is 20.5 Å². The van der Waals surface area contributed by atoms with E-state index in [1.54, 1.807) is 36.6 Å². The van der Waals surface area contributed by atoms with Gasteiger partial charge in [0.1, 0.15) is 5.76 Å². The van der Waals surface area contributed by atoms with Crippen LogP contribution in [-0.4, -0.2) is 21.1 Å². The van der Waals surface area contributed by atoms with Gasteiger partial charge in [-0.2, -0.15) is 13.2 Å². The second-order valence-electron chi connectivity index (χ2n) is 5.88. The van der Waals surface area contributed by atoms with Gasteiger partial charge in [-0.1, -0.05) is 17.2 Å². The first-order chi connectivity index (χ1) is 13.9. The molecule has 1 amide bonds. The minimum absolute atomic E-state index is 0.121. The number of furan rings is 1. The number of hydrogen-bond acceptors (Lipinski definition) is 6. The number of carbonyl (C=O) groups excluding carboxylic acids is 1. The molecule has 0 fully saturated rings. The van der Waals surface area contributed by atoms with Crippen molar-refractivity contribution in [3.05, 3.63) is 72.2 Å². The molecule has 0 spiro atoms. The molecule has 0 saturated heterocycles. The van der Waals surface area contributed by atoms with Crippen molar-refractivity contribution in [1.82, 2.24) is 15.2 Å². The van der Waals surface area contributed by atoms with E-state index >= 15 is 0 Å². The molecule has 0 aliphatic carbocycles. The maximum Gasteiger partial charge on any atom is 0.417 e. The summed E-state index contributed by atoms with van der Waals surface area (Å²) in [5.41, 5.74) is 0.0319. The summed E-state index contributed by atoms with van der Waals surface area (Å²) in [5.74, 6) is -0.0871. The maximum absolute atomic E-state index is 12.8. The predicted molar refractivity (Wildman–Crippen MR) is 94.6 cm³/mol. The lowest BCUT2D eigenvalue weighted by molar-refractivity contribution is -0.137. The second-order valence-corrected chi connectivity index (χ2v) is 5.88. The molecule has 0 aliphatic rings.